The van der Waals surface area contributed by atoms with Crippen molar-refractivity contribution in [1.29, 1.82) is 0 Å². The summed E-state index contributed by atoms with van der Waals surface area (Å²) < 4.78 is 10.5. The third-order valence-electron chi connectivity index (χ3n) is 1.92. The number of aliphatic hydroxyl groups is 1. The largest absolute Gasteiger partial charge is 0.367 e. The van der Waals surface area contributed by atoms with Gasteiger partial charge in [0.05, 0.1) is 6.61 Å². The number of rotatable bonds is 1. The van der Waals surface area contributed by atoms with E-state index in [0.717, 1.165) is 6.42 Å². The van der Waals surface area contributed by atoms with E-state index in [-0.39, 0.29) is 11.7 Å². The van der Waals surface area contributed by atoms with Gasteiger partial charge in [-0.15, -0.1) is 0 Å². The lowest BCUT2D eigenvalue weighted by molar-refractivity contribution is -0.318. The summed E-state index contributed by atoms with van der Waals surface area (Å²) in [5.41, 5.74) is -0.272. The molecule has 1 saturated heterocycles. The van der Waals surface area contributed by atoms with E-state index in [4.69, 9.17) is 9.47 Å². The van der Waals surface area contributed by atoms with Crippen LogP contribution in [0.1, 0.15) is 27.2 Å². The molecule has 0 unspecified atom stereocenters. The average Bonchev–Trinajstić information content (AvgIpc) is 1.95. The Morgan fingerprint density at radius 3 is 2.64 bits per heavy atom. The molecule has 0 bridgehead atoms. The topological polar surface area (TPSA) is 38.7 Å². The van der Waals surface area contributed by atoms with Crippen LogP contribution in [0.2, 0.25) is 0 Å². The number of hydrogen-bond acceptors (Lipinski definition) is 3. The lowest BCUT2D eigenvalue weighted by atomic mass is 9.93. The van der Waals surface area contributed by atoms with E-state index in [9.17, 15) is 5.11 Å². The Morgan fingerprint density at radius 1 is 1.55 bits per heavy atom. The third kappa shape index (κ3) is 1.92. The van der Waals surface area contributed by atoms with E-state index in [1.807, 2.05) is 20.8 Å². The highest BCUT2D eigenvalue weighted by Gasteiger charge is 2.36. The quantitative estimate of drug-likeness (QED) is 0.624. The van der Waals surface area contributed by atoms with Gasteiger partial charge in [0.25, 0.3) is 0 Å². The molecule has 0 aromatic rings. The molecular weight excluding hydrogens is 144 g/mol. The summed E-state index contributed by atoms with van der Waals surface area (Å²) >= 11 is 0. The molecule has 1 N–H and O–H groups in total. The molecule has 2 atom stereocenters. The Balaban J connectivity index is 2.48. The van der Waals surface area contributed by atoms with Gasteiger partial charge in [0.1, 0.15) is 0 Å². The van der Waals surface area contributed by atoms with E-state index in [1.54, 1.807) is 0 Å². The van der Waals surface area contributed by atoms with Crippen LogP contribution in [0, 0.1) is 5.41 Å². The monoisotopic (exact) mass is 160 g/mol. The van der Waals surface area contributed by atoms with Gasteiger partial charge in [0.2, 0.25) is 0 Å². The molecule has 0 amide bonds. The normalized spacial score (nSPS) is 37.1. The van der Waals surface area contributed by atoms with Gasteiger partial charge in [0, 0.05) is 5.41 Å². The van der Waals surface area contributed by atoms with E-state index in [0.29, 0.717) is 6.61 Å². The second kappa shape index (κ2) is 3.09. The first kappa shape index (κ1) is 8.97. The maximum atomic E-state index is 9.44. The molecule has 1 fully saturated rings. The molecule has 0 aromatic heterocycles. The van der Waals surface area contributed by atoms with Crippen LogP contribution in [-0.2, 0) is 9.47 Å². The first-order valence-electron chi connectivity index (χ1n) is 4.01. The van der Waals surface area contributed by atoms with Crippen LogP contribution in [0.15, 0.2) is 0 Å². The van der Waals surface area contributed by atoms with Crippen LogP contribution >= 0.6 is 0 Å². The van der Waals surface area contributed by atoms with Crippen LogP contribution in [0.25, 0.3) is 0 Å². The van der Waals surface area contributed by atoms with Crippen LogP contribution in [0.3, 0.4) is 0 Å². The van der Waals surface area contributed by atoms with Crippen LogP contribution < -0.4 is 0 Å². The fourth-order valence-corrected chi connectivity index (χ4v) is 0.960. The Bertz CT molecular complexity index is 133. The van der Waals surface area contributed by atoms with E-state index < -0.39 is 6.29 Å². The Morgan fingerprint density at radius 2 is 2.18 bits per heavy atom. The molecule has 0 aromatic carbocycles. The average molecular weight is 160 g/mol. The van der Waals surface area contributed by atoms with Gasteiger partial charge < -0.3 is 14.6 Å². The van der Waals surface area contributed by atoms with Crippen molar-refractivity contribution >= 4 is 0 Å². The van der Waals surface area contributed by atoms with Crippen LogP contribution in [0.4, 0.5) is 0 Å². The van der Waals surface area contributed by atoms with Crippen molar-refractivity contribution in [3.63, 3.8) is 0 Å². The molecular formula is C8H16O3. The first-order chi connectivity index (χ1) is 5.06. The highest BCUT2D eigenvalue weighted by molar-refractivity contribution is 4.74. The first-order valence-corrected chi connectivity index (χ1v) is 4.01. The van der Waals surface area contributed by atoms with Gasteiger partial charge in [0.15, 0.2) is 12.6 Å². The summed E-state index contributed by atoms with van der Waals surface area (Å²) in [6.45, 7) is 6.37. The number of hydrogen-bond donors (Lipinski definition) is 1. The standard InChI is InChI=1S/C8H16O3/c1-4-6-10-5-8(2,3)7(9)11-6/h6-7,9H,4-5H2,1-3H3/t6-,7-/m0/s1. The molecule has 1 aliphatic heterocycles. The van der Waals surface area contributed by atoms with Gasteiger partial charge in [-0.25, -0.2) is 0 Å². The SMILES string of the molecule is CC[C@H]1OCC(C)(C)[C@@H](O)O1. The van der Waals surface area contributed by atoms with Crippen molar-refractivity contribution in [2.24, 2.45) is 5.41 Å². The van der Waals surface area contributed by atoms with Gasteiger partial charge >= 0.3 is 0 Å². The van der Waals surface area contributed by atoms with Gasteiger partial charge in [-0.2, -0.15) is 0 Å². The van der Waals surface area contributed by atoms with Crippen molar-refractivity contribution in [3.05, 3.63) is 0 Å². The molecule has 1 aliphatic rings. The molecule has 1 rings (SSSR count). The third-order valence-corrected chi connectivity index (χ3v) is 1.92. The van der Waals surface area contributed by atoms with Crippen molar-refractivity contribution in [1.82, 2.24) is 0 Å². The minimum absolute atomic E-state index is 0.224. The maximum Gasteiger partial charge on any atom is 0.164 e. The van der Waals surface area contributed by atoms with Crippen LogP contribution in [-0.4, -0.2) is 24.3 Å². The zero-order valence-electron chi connectivity index (χ0n) is 7.33. The lowest BCUT2D eigenvalue weighted by Gasteiger charge is -2.38. The van der Waals surface area contributed by atoms with Crippen LogP contribution in [0.5, 0.6) is 0 Å². The molecule has 0 spiro atoms. The summed E-state index contributed by atoms with van der Waals surface area (Å²) in [5.74, 6) is 0. The Kier molecular flexibility index (Phi) is 2.52. The summed E-state index contributed by atoms with van der Waals surface area (Å²) in [7, 11) is 0. The van der Waals surface area contributed by atoms with Gasteiger partial charge in [-0.05, 0) is 6.42 Å². The number of ether oxygens (including phenoxy) is 2. The molecule has 0 aliphatic carbocycles. The van der Waals surface area contributed by atoms with E-state index in [2.05, 4.69) is 0 Å². The van der Waals surface area contributed by atoms with Gasteiger partial charge in [-0.1, -0.05) is 20.8 Å². The molecule has 66 valence electrons. The van der Waals surface area contributed by atoms with Crippen molar-refractivity contribution in [2.75, 3.05) is 6.61 Å². The molecule has 0 saturated carbocycles. The molecule has 11 heavy (non-hydrogen) atoms. The molecule has 1 heterocycles. The van der Waals surface area contributed by atoms with Crippen molar-refractivity contribution in [3.8, 4) is 0 Å². The smallest absolute Gasteiger partial charge is 0.164 e. The summed E-state index contributed by atoms with van der Waals surface area (Å²) in [4.78, 5) is 0. The predicted octanol–water partition coefficient (Wildman–Crippen LogP) is 1.11. The summed E-state index contributed by atoms with van der Waals surface area (Å²) in [5, 5.41) is 9.44. The minimum atomic E-state index is -0.693. The number of aliphatic hydroxyl groups excluding tert-OH is 1. The molecule has 3 nitrogen and oxygen atoms in total. The van der Waals surface area contributed by atoms with Crippen molar-refractivity contribution < 1.29 is 14.6 Å². The zero-order chi connectivity index (χ0) is 8.48. The highest BCUT2D eigenvalue weighted by Crippen LogP contribution is 2.28. The highest BCUT2D eigenvalue weighted by atomic mass is 16.7. The fourth-order valence-electron chi connectivity index (χ4n) is 0.960. The van der Waals surface area contributed by atoms with E-state index >= 15 is 0 Å². The second-order valence-electron chi connectivity index (χ2n) is 3.63. The van der Waals surface area contributed by atoms with Gasteiger partial charge in [-0.3, -0.25) is 0 Å². The molecule has 3 heteroatoms. The maximum absolute atomic E-state index is 9.44. The molecule has 0 radical (unpaired) electrons. The van der Waals surface area contributed by atoms with Crippen molar-refractivity contribution in [2.45, 2.75) is 39.8 Å². The Hall–Kier alpha value is -0.120. The van der Waals surface area contributed by atoms with E-state index in [1.165, 1.54) is 0 Å². The summed E-state index contributed by atoms with van der Waals surface area (Å²) in [6.07, 6.45) is -0.133. The second-order valence-corrected chi connectivity index (χ2v) is 3.63. The Labute approximate surface area is 67.3 Å². The fraction of sp³-hybridized carbons (Fsp3) is 1.00. The lowest BCUT2D eigenvalue weighted by Crippen LogP contribution is -2.45. The zero-order valence-corrected chi connectivity index (χ0v) is 7.33. The predicted molar refractivity (Wildman–Crippen MR) is 40.9 cm³/mol. The minimum Gasteiger partial charge on any atom is -0.367 e. The summed E-state index contributed by atoms with van der Waals surface area (Å²) in [6, 6.07) is 0.